The van der Waals surface area contributed by atoms with Crippen LogP contribution in [0.4, 0.5) is 4.79 Å². The summed E-state index contributed by atoms with van der Waals surface area (Å²) in [4.78, 5) is 35.6. The molecule has 5 N–H and O–H groups in total. The van der Waals surface area contributed by atoms with E-state index >= 15 is 0 Å². The standard InChI is InChI=1S/C13H26N4O4/c1-4-17(5-2)8-9(3)15-13(21)16-10(12(19)20)6-7-11(14)18/h9-10H,4-8H2,1-3H3,(H2,14,18)(H,19,20)(H2,15,16,21). The molecule has 2 atom stereocenters. The third kappa shape index (κ3) is 8.85. The smallest absolute Gasteiger partial charge is 0.326 e. The quantitative estimate of drug-likeness (QED) is 0.442. The molecule has 0 bridgehead atoms. The second-order valence-corrected chi connectivity index (χ2v) is 4.90. The molecule has 0 heterocycles. The average Bonchev–Trinajstić information content (AvgIpc) is 2.39. The van der Waals surface area contributed by atoms with Gasteiger partial charge in [0.25, 0.3) is 0 Å². The Labute approximate surface area is 125 Å². The van der Waals surface area contributed by atoms with Crippen molar-refractivity contribution in [2.45, 2.75) is 45.7 Å². The third-order valence-electron chi connectivity index (χ3n) is 3.09. The number of hydrogen-bond donors (Lipinski definition) is 4. The van der Waals surface area contributed by atoms with E-state index in [9.17, 15) is 14.4 Å². The van der Waals surface area contributed by atoms with Crippen molar-refractivity contribution in [2.75, 3.05) is 19.6 Å². The Kier molecular flexibility index (Phi) is 9.11. The van der Waals surface area contributed by atoms with Gasteiger partial charge < -0.3 is 26.4 Å². The molecule has 0 saturated carbocycles. The minimum atomic E-state index is -1.19. The zero-order chi connectivity index (χ0) is 16.4. The molecule has 0 aromatic heterocycles. The molecule has 0 rings (SSSR count). The first-order valence-corrected chi connectivity index (χ1v) is 7.10. The van der Waals surface area contributed by atoms with Crippen molar-refractivity contribution >= 4 is 17.9 Å². The van der Waals surface area contributed by atoms with Gasteiger partial charge in [-0.05, 0) is 26.4 Å². The predicted octanol–water partition coefficient (Wildman–Crippen LogP) is -0.265. The minimum Gasteiger partial charge on any atom is -0.480 e. The molecule has 21 heavy (non-hydrogen) atoms. The Hall–Kier alpha value is -1.83. The number of nitrogens with one attached hydrogen (secondary N) is 2. The zero-order valence-electron chi connectivity index (χ0n) is 12.9. The van der Waals surface area contributed by atoms with Crippen LogP contribution in [0.2, 0.25) is 0 Å². The van der Waals surface area contributed by atoms with E-state index in [1.165, 1.54) is 0 Å². The number of nitrogens with two attached hydrogens (primary N) is 1. The van der Waals surface area contributed by atoms with Crippen LogP contribution in [0.15, 0.2) is 0 Å². The van der Waals surface area contributed by atoms with Crippen molar-refractivity contribution in [2.24, 2.45) is 5.73 Å². The van der Waals surface area contributed by atoms with Crippen LogP contribution in [0.25, 0.3) is 0 Å². The second kappa shape index (κ2) is 9.98. The number of amides is 3. The Morgan fingerprint density at radius 3 is 2.19 bits per heavy atom. The van der Waals surface area contributed by atoms with Gasteiger partial charge in [0.2, 0.25) is 5.91 Å². The van der Waals surface area contributed by atoms with Crippen LogP contribution in [-0.4, -0.2) is 59.6 Å². The summed E-state index contributed by atoms with van der Waals surface area (Å²) >= 11 is 0. The maximum atomic E-state index is 11.8. The highest BCUT2D eigenvalue weighted by Gasteiger charge is 2.21. The number of rotatable bonds is 10. The fourth-order valence-electron chi connectivity index (χ4n) is 1.88. The topological polar surface area (TPSA) is 125 Å². The van der Waals surface area contributed by atoms with E-state index in [-0.39, 0.29) is 18.9 Å². The Balaban J connectivity index is 4.30. The predicted molar refractivity (Wildman–Crippen MR) is 78.8 cm³/mol. The van der Waals surface area contributed by atoms with Crippen LogP contribution in [0.3, 0.4) is 0 Å². The maximum Gasteiger partial charge on any atom is 0.326 e. The van der Waals surface area contributed by atoms with E-state index in [0.717, 1.165) is 13.1 Å². The van der Waals surface area contributed by atoms with E-state index in [0.29, 0.717) is 6.54 Å². The SMILES string of the molecule is CCN(CC)CC(C)NC(=O)NC(CCC(N)=O)C(=O)O. The molecule has 0 fully saturated rings. The lowest BCUT2D eigenvalue weighted by Crippen LogP contribution is -2.51. The Bertz CT molecular complexity index is 358. The minimum absolute atomic E-state index is 0.0253. The van der Waals surface area contributed by atoms with Crippen LogP contribution in [-0.2, 0) is 9.59 Å². The fraction of sp³-hybridized carbons (Fsp3) is 0.769. The van der Waals surface area contributed by atoms with Crippen molar-refractivity contribution in [1.82, 2.24) is 15.5 Å². The Morgan fingerprint density at radius 2 is 1.76 bits per heavy atom. The number of carboxylic acids is 1. The summed E-state index contributed by atoms with van der Waals surface area (Å²) in [5.41, 5.74) is 4.97. The van der Waals surface area contributed by atoms with Gasteiger partial charge in [0.1, 0.15) is 6.04 Å². The van der Waals surface area contributed by atoms with Gasteiger partial charge >= 0.3 is 12.0 Å². The molecule has 3 amide bonds. The van der Waals surface area contributed by atoms with Gasteiger partial charge in [0.05, 0.1) is 0 Å². The van der Waals surface area contributed by atoms with E-state index < -0.39 is 23.9 Å². The van der Waals surface area contributed by atoms with E-state index in [2.05, 4.69) is 15.5 Å². The highest BCUT2D eigenvalue weighted by atomic mass is 16.4. The highest BCUT2D eigenvalue weighted by molar-refractivity contribution is 5.83. The molecule has 8 heteroatoms. The highest BCUT2D eigenvalue weighted by Crippen LogP contribution is 1.98. The van der Waals surface area contributed by atoms with Gasteiger partial charge in [0, 0.05) is 19.0 Å². The number of hydrogen-bond acceptors (Lipinski definition) is 4. The van der Waals surface area contributed by atoms with Crippen molar-refractivity contribution in [1.29, 1.82) is 0 Å². The summed E-state index contributed by atoms with van der Waals surface area (Å²) in [5, 5.41) is 14.0. The zero-order valence-corrected chi connectivity index (χ0v) is 12.9. The van der Waals surface area contributed by atoms with Gasteiger partial charge in [-0.25, -0.2) is 9.59 Å². The van der Waals surface area contributed by atoms with Crippen molar-refractivity contribution < 1.29 is 19.5 Å². The largest absolute Gasteiger partial charge is 0.480 e. The van der Waals surface area contributed by atoms with E-state index in [1.807, 2.05) is 20.8 Å². The first-order valence-electron chi connectivity index (χ1n) is 7.10. The van der Waals surface area contributed by atoms with Crippen LogP contribution in [0.5, 0.6) is 0 Å². The van der Waals surface area contributed by atoms with Crippen LogP contribution in [0.1, 0.15) is 33.6 Å². The number of likely N-dealkylation sites (N-methyl/N-ethyl adjacent to an activating group) is 1. The van der Waals surface area contributed by atoms with Crippen molar-refractivity contribution in [3.8, 4) is 0 Å². The first kappa shape index (κ1) is 19.2. The molecule has 0 radical (unpaired) electrons. The molecule has 0 aliphatic carbocycles. The summed E-state index contributed by atoms with van der Waals surface area (Å²) in [6, 6.07) is -1.81. The monoisotopic (exact) mass is 302 g/mol. The molecular formula is C13H26N4O4. The number of carbonyl (C=O) groups is 3. The Morgan fingerprint density at radius 1 is 1.19 bits per heavy atom. The molecule has 0 spiro atoms. The third-order valence-corrected chi connectivity index (χ3v) is 3.09. The van der Waals surface area contributed by atoms with Gasteiger partial charge in [-0.3, -0.25) is 4.79 Å². The number of nitrogens with zero attached hydrogens (tertiary/aromatic N) is 1. The molecule has 0 aliphatic rings. The normalized spacial score (nSPS) is 13.5. The van der Waals surface area contributed by atoms with Gasteiger partial charge in [-0.2, -0.15) is 0 Å². The van der Waals surface area contributed by atoms with Crippen LogP contribution < -0.4 is 16.4 Å². The molecular weight excluding hydrogens is 276 g/mol. The lowest BCUT2D eigenvalue weighted by atomic mass is 10.1. The molecule has 0 aromatic carbocycles. The first-order chi connectivity index (χ1) is 9.79. The van der Waals surface area contributed by atoms with Crippen molar-refractivity contribution in [3.05, 3.63) is 0 Å². The van der Waals surface area contributed by atoms with Crippen LogP contribution >= 0.6 is 0 Å². The van der Waals surface area contributed by atoms with Crippen LogP contribution in [0, 0.1) is 0 Å². The van der Waals surface area contributed by atoms with Crippen molar-refractivity contribution in [3.63, 3.8) is 0 Å². The summed E-state index contributed by atoms with van der Waals surface area (Å²) in [5.74, 6) is -1.79. The average molecular weight is 302 g/mol. The summed E-state index contributed by atoms with van der Waals surface area (Å²) < 4.78 is 0. The van der Waals surface area contributed by atoms with Gasteiger partial charge in [0.15, 0.2) is 0 Å². The molecule has 122 valence electrons. The molecule has 2 unspecified atom stereocenters. The number of urea groups is 1. The van der Waals surface area contributed by atoms with Gasteiger partial charge in [-0.15, -0.1) is 0 Å². The number of carboxylic acid groups (broad SMARTS) is 1. The fourth-order valence-corrected chi connectivity index (χ4v) is 1.88. The molecule has 8 nitrogen and oxygen atoms in total. The maximum absolute atomic E-state index is 11.8. The number of carbonyl (C=O) groups excluding carboxylic acids is 2. The second-order valence-electron chi connectivity index (χ2n) is 4.90. The van der Waals surface area contributed by atoms with E-state index in [1.54, 1.807) is 0 Å². The van der Waals surface area contributed by atoms with Gasteiger partial charge in [-0.1, -0.05) is 13.8 Å². The molecule has 0 saturated heterocycles. The summed E-state index contributed by atoms with van der Waals surface area (Å²) in [7, 11) is 0. The number of aliphatic carboxylic acids is 1. The van der Waals surface area contributed by atoms with E-state index in [4.69, 9.17) is 10.8 Å². The molecule has 0 aliphatic heterocycles. The summed E-state index contributed by atoms with van der Waals surface area (Å²) in [6.07, 6.45) is -0.116. The molecule has 0 aromatic rings. The number of primary amides is 1. The lowest BCUT2D eigenvalue weighted by Gasteiger charge is -2.24. The summed E-state index contributed by atoms with van der Waals surface area (Å²) in [6.45, 7) is 8.33. The lowest BCUT2D eigenvalue weighted by molar-refractivity contribution is -0.139.